The van der Waals surface area contributed by atoms with Gasteiger partial charge in [-0.25, -0.2) is 4.79 Å². The number of esters is 1. The number of nitrogens with zero attached hydrogens (tertiary/aromatic N) is 1. The predicted molar refractivity (Wildman–Crippen MR) is 140 cm³/mol. The van der Waals surface area contributed by atoms with Gasteiger partial charge < -0.3 is 20.3 Å². The van der Waals surface area contributed by atoms with Crippen molar-refractivity contribution in [3.8, 4) is 0 Å². The zero-order chi connectivity index (χ0) is 25.6. The van der Waals surface area contributed by atoms with Gasteiger partial charge in [-0.05, 0) is 30.2 Å². The van der Waals surface area contributed by atoms with E-state index in [0.29, 0.717) is 24.8 Å². The number of benzene rings is 2. The van der Waals surface area contributed by atoms with Crippen LogP contribution < -0.4 is 15.5 Å². The average molecular weight is 522 g/mol. The topological polar surface area (TPSA) is 87.7 Å². The normalized spacial score (nSPS) is 12.3. The van der Waals surface area contributed by atoms with Crippen molar-refractivity contribution >= 4 is 46.7 Å². The molecule has 0 bridgehead atoms. The lowest BCUT2D eigenvalue weighted by molar-refractivity contribution is -0.147. The van der Waals surface area contributed by atoms with Crippen molar-refractivity contribution in [3.05, 3.63) is 65.7 Å². The molecule has 35 heavy (non-hydrogen) atoms. The first-order valence-corrected chi connectivity index (χ1v) is 12.7. The molecule has 0 radical (unpaired) electrons. The van der Waals surface area contributed by atoms with Crippen LogP contribution in [0.5, 0.6) is 0 Å². The highest BCUT2D eigenvalue weighted by Gasteiger charge is 2.27. The first-order chi connectivity index (χ1) is 16.9. The van der Waals surface area contributed by atoms with E-state index in [1.54, 1.807) is 6.92 Å². The van der Waals surface area contributed by atoms with E-state index in [2.05, 4.69) is 15.5 Å². The van der Waals surface area contributed by atoms with E-state index in [0.717, 1.165) is 16.8 Å². The van der Waals surface area contributed by atoms with Crippen LogP contribution in [0.1, 0.15) is 25.0 Å². The second-order valence-corrected chi connectivity index (χ2v) is 8.75. The summed E-state index contributed by atoms with van der Waals surface area (Å²) in [5, 5.41) is 5.47. The minimum Gasteiger partial charge on any atom is -0.464 e. The lowest BCUT2D eigenvalue weighted by Gasteiger charge is -2.24. The number of nitrogens with one attached hydrogen (secondary N) is 2. The highest BCUT2D eigenvalue weighted by molar-refractivity contribution is 6.18. The maximum absolute atomic E-state index is 13.2. The van der Waals surface area contributed by atoms with Crippen LogP contribution >= 0.6 is 23.2 Å². The van der Waals surface area contributed by atoms with Gasteiger partial charge in [-0.3, -0.25) is 9.59 Å². The Bertz CT molecular complexity index is 935. The molecule has 0 aliphatic heterocycles. The maximum Gasteiger partial charge on any atom is 0.328 e. The number of ether oxygens (including phenoxy) is 1. The molecule has 2 aromatic rings. The Morgan fingerprint density at radius 1 is 0.857 bits per heavy atom. The third-order valence-corrected chi connectivity index (χ3v) is 5.65. The summed E-state index contributed by atoms with van der Waals surface area (Å²) in [5.74, 6) is -0.353. The fraction of sp³-hybridized carbons (Fsp3) is 0.423. The van der Waals surface area contributed by atoms with E-state index >= 15 is 0 Å². The zero-order valence-corrected chi connectivity index (χ0v) is 21.6. The summed E-state index contributed by atoms with van der Waals surface area (Å²) in [6.07, 6.45) is 0.543. The molecule has 2 rings (SSSR count). The van der Waals surface area contributed by atoms with Crippen LogP contribution in [-0.4, -0.2) is 61.3 Å². The summed E-state index contributed by atoms with van der Waals surface area (Å²) in [6, 6.07) is 15.3. The molecule has 0 unspecified atom stereocenters. The Balaban J connectivity index is 2.16. The van der Waals surface area contributed by atoms with Gasteiger partial charge in [0.25, 0.3) is 0 Å². The largest absolute Gasteiger partial charge is 0.464 e. The molecule has 0 spiro atoms. The molecular weight excluding hydrogens is 489 g/mol. The van der Waals surface area contributed by atoms with Crippen LogP contribution in [0.4, 0.5) is 5.69 Å². The van der Waals surface area contributed by atoms with Gasteiger partial charge in [-0.1, -0.05) is 42.5 Å². The van der Waals surface area contributed by atoms with Crippen LogP contribution in [0.3, 0.4) is 0 Å². The molecule has 2 N–H and O–H groups in total. The second-order valence-electron chi connectivity index (χ2n) is 7.99. The van der Waals surface area contributed by atoms with Crippen molar-refractivity contribution in [2.24, 2.45) is 0 Å². The summed E-state index contributed by atoms with van der Waals surface area (Å²) >= 11 is 11.8. The molecule has 0 aliphatic rings. The van der Waals surface area contributed by atoms with Gasteiger partial charge in [0.05, 0.1) is 6.61 Å². The van der Waals surface area contributed by atoms with Crippen LogP contribution in [0, 0.1) is 0 Å². The molecule has 0 saturated carbocycles. The highest BCUT2D eigenvalue weighted by atomic mass is 35.5. The number of hydrogen-bond donors (Lipinski definition) is 2. The third-order valence-electron chi connectivity index (χ3n) is 5.31. The van der Waals surface area contributed by atoms with Crippen LogP contribution in [-0.2, 0) is 32.0 Å². The van der Waals surface area contributed by atoms with Crippen LogP contribution in [0.15, 0.2) is 54.6 Å². The smallest absolute Gasteiger partial charge is 0.328 e. The van der Waals surface area contributed by atoms with E-state index in [-0.39, 0.29) is 25.4 Å². The van der Waals surface area contributed by atoms with E-state index in [1.165, 1.54) is 6.92 Å². The molecule has 0 fully saturated rings. The van der Waals surface area contributed by atoms with Crippen molar-refractivity contribution in [2.75, 3.05) is 36.4 Å². The van der Waals surface area contributed by atoms with Crippen molar-refractivity contribution in [2.45, 2.75) is 38.8 Å². The number of carbonyl (C=O) groups is 3. The molecule has 0 aromatic heterocycles. The van der Waals surface area contributed by atoms with E-state index in [1.807, 2.05) is 54.6 Å². The Labute approximate surface area is 217 Å². The fourth-order valence-electron chi connectivity index (χ4n) is 3.67. The summed E-state index contributed by atoms with van der Waals surface area (Å²) in [6.45, 7) is 4.60. The second kappa shape index (κ2) is 15.3. The predicted octanol–water partition coefficient (Wildman–Crippen LogP) is 3.31. The molecule has 2 atom stereocenters. The first kappa shape index (κ1) is 28.5. The molecule has 9 heteroatoms. The standard InChI is InChI=1S/C26H33Cl2N3O4/c1-3-35-26(34)24(18-20-7-5-4-6-8-20)30-25(33)23(29-19(2)32)17-21-9-11-22(12-10-21)31(15-13-27)16-14-28/h4-12,23-24H,3,13-18H2,1-2H3,(H,29,32)(H,30,33)/t23-,24-/m1/s1. The summed E-state index contributed by atoms with van der Waals surface area (Å²) in [5.41, 5.74) is 2.71. The van der Waals surface area contributed by atoms with Crippen molar-refractivity contribution < 1.29 is 19.1 Å². The molecule has 0 heterocycles. The molecular formula is C26H33Cl2N3O4. The number of carbonyl (C=O) groups excluding carboxylic acids is 3. The molecule has 0 aliphatic carbocycles. The average Bonchev–Trinajstić information content (AvgIpc) is 2.84. The zero-order valence-electron chi connectivity index (χ0n) is 20.1. The maximum atomic E-state index is 13.2. The SMILES string of the molecule is CCOC(=O)[C@@H](Cc1ccccc1)NC(=O)[C@@H](Cc1ccc(N(CCCl)CCCl)cc1)NC(C)=O. The fourth-order valence-corrected chi connectivity index (χ4v) is 4.07. The van der Waals surface area contributed by atoms with Gasteiger partial charge in [0.1, 0.15) is 12.1 Å². The van der Waals surface area contributed by atoms with Gasteiger partial charge >= 0.3 is 5.97 Å². The van der Waals surface area contributed by atoms with Gasteiger partial charge in [-0.15, -0.1) is 23.2 Å². The summed E-state index contributed by atoms with van der Waals surface area (Å²) in [4.78, 5) is 39.6. The third kappa shape index (κ3) is 9.78. The van der Waals surface area contributed by atoms with Crippen LogP contribution in [0.25, 0.3) is 0 Å². The Morgan fingerprint density at radius 2 is 1.43 bits per heavy atom. The molecule has 7 nitrogen and oxygen atoms in total. The quantitative estimate of drug-likeness (QED) is 0.294. The number of halogens is 2. The van der Waals surface area contributed by atoms with Crippen LogP contribution in [0.2, 0.25) is 0 Å². The number of rotatable bonds is 14. The van der Waals surface area contributed by atoms with E-state index in [9.17, 15) is 14.4 Å². The van der Waals surface area contributed by atoms with Gasteiger partial charge in [-0.2, -0.15) is 0 Å². The molecule has 0 saturated heterocycles. The first-order valence-electron chi connectivity index (χ1n) is 11.6. The van der Waals surface area contributed by atoms with Gasteiger partial charge in [0.15, 0.2) is 0 Å². The van der Waals surface area contributed by atoms with Gasteiger partial charge in [0, 0.05) is 50.3 Å². The number of amides is 2. The minimum atomic E-state index is -0.872. The van der Waals surface area contributed by atoms with Gasteiger partial charge in [0.2, 0.25) is 11.8 Å². The number of hydrogen-bond acceptors (Lipinski definition) is 5. The number of anilines is 1. The summed E-state index contributed by atoms with van der Waals surface area (Å²) < 4.78 is 5.17. The molecule has 190 valence electrons. The Morgan fingerprint density at radius 3 is 1.97 bits per heavy atom. The number of alkyl halides is 2. The Hall–Kier alpha value is -2.77. The molecule has 2 aromatic carbocycles. The minimum absolute atomic E-state index is 0.200. The highest BCUT2D eigenvalue weighted by Crippen LogP contribution is 2.17. The van der Waals surface area contributed by atoms with E-state index in [4.69, 9.17) is 27.9 Å². The molecule has 2 amide bonds. The Kier molecular flexibility index (Phi) is 12.4. The summed E-state index contributed by atoms with van der Waals surface area (Å²) in [7, 11) is 0. The van der Waals surface area contributed by atoms with Crippen molar-refractivity contribution in [1.82, 2.24) is 10.6 Å². The monoisotopic (exact) mass is 521 g/mol. The van der Waals surface area contributed by atoms with Crippen molar-refractivity contribution in [3.63, 3.8) is 0 Å². The van der Waals surface area contributed by atoms with E-state index < -0.39 is 24.0 Å². The van der Waals surface area contributed by atoms with Crippen molar-refractivity contribution in [1.29, 1.82) is 0 Å². The lowest BCUT2D eigenvalue weighted by atomic mass is 10.0. The lowest BCUT2D eigenvalue weighted by Crippen LogP contribution is -2.53.